The molecule has 12 heteroatoms. The number of carbonyl (C=O) groups excluding carboxylic acids is 1. The van der Waals surface area contributed by atoms with E-state index in [1.165, 1.54) is 23.9 Å². The third kappa shape index (κ3) is 3.84. The van der Waals surface area contributed by atoms with Crippen molar-refractivity contribution in [3.63, 3.8) is 0 Å². The van der Waals surface area contributed by atoms with Gasteiger partial charge in [-0.25, -0.2) is 19.0 Å². The molecule has 8 nitrogen and oxygen atoms in total. The van der Waals surface area contributed by atoms with Crippen molar-refractivity contribution in [1.82, 2.24) is 34.7 Å². The minimum atomic E-state index is -0.444. The smallest absolute Gasteiger partial charge is 0.215 e. The van der Waals surface area contributed by atoms with Crippen molar-refractivity contribution < 1.29 is 9.18 Å². The van der Waals surface area contributed by atoms with Gasteiger partial charge in [0.1, 0.15) is 10.8 Å². The van der Waals surface area contributed by atoms with Crippen molar-refractivity contribution in [1.29, 1.82) is 0 Å². The SMILES string of the molecule is CC(C)n1nnnc1Sc1nc2cc(Cl)c(Cl)cc2nc1-n1cc(C=O)c2ccc(F)cc21. The van der Waals surface area contributed by atoms with Gasteiger partial charge in [-0.1, -0.05) is 23.2 Å². The first-order valence-corrected chi connectivity index (χ1v) is 11.3. The van der Waals surface area contributed by atoms with Gasteiger partial charge in [0, 0.05) is 17.1 Å². The Hall–Kier alpha value is -3.08. The number of tetrazole rings is 1. The molecule has 166 valence electrons. The van der Waals surface area contributed by atoms with E-state index < -0.39 is 5.82 Å². The monoisotopic (exact) mass is 501 g/mol. The fraction of sp³-hybridized carbons (Fsp3) is 0.143. The van der Waals surface area contributed by atoms with Crippen LogP contribution in [-0.4, -0.2) is 41.0 Å². The molecule has 0 fully saturated rings. The van der Waals surface area contributed by atoms with E-state index >= 15 is 0 Å². The molecule has 0 saturated heterocycles. The molecule has 0 atom stereocenters. The maximum atomic E-state index is 14.1. The lowest BCUT2D eigenvalue weighted by atomic mass is 10.2. The van der Waals surface area contributed by atoms with Crippen molar-refractivity contribution in [2.24, 2.45) is 0 Å². The quantitative estimate of drug-likeness (QED) is 0.291. The summed E-state index contributed by atoms with van der Waals surface area (Å²) < 4.78 is 17.4. The largest absolute Gasteiger partial charge is 0.298 e. The minimum absolute atomic E-state index is 0.00999. The van der Waals surface area contributed by atoms with Crippen LogP contribution in [0.4, 0.5) is 4.39 Å². The number of hydrogen-bond donors (Lipinski definition) is 0. The second kappa shape index (κ2) is 8.36. The van der Waals surface area contributed by atoms with E-state index in [9.17, 15) is 9.18 Å². The van der Waals surface area contributed by atoms with Crippen molar-refractivity contribution in [3.05, 3.63) is 58.0 Å². The number of aldehydes is 1. The number of fused-ring (bicyclic) bond motifs is 2. The summed E-state index contributed by atoms with van der Waals surface area (Å²) in [5, 5.41) is 14.1. The lowest BCUT2D eigenvalue weighted by Gasteiger charge is -2.13. The van der Waals surface area contributed by atoms with Crippen molar-refractivity contribution >= 4 is 63.2 Å². The van der Waals surface area contributed by atoms with E-state index in [0.717, 1.165) is 0 Å². The highest BCUT2D eigenvalue weighted by molar-refractivity contribution is 7.99. The van der Waals surface area contributed by atoms with E-state index in [0.29, 0.717) is 59.8 Å². The van der Waals surface area contributed by atoms with Crippen LogP contribution in [0.5, 0.6) is 0 Å². The van der Waals surface area contributed by atoms with Gasteiger partial charge in [0.15, 0.2) is 12.1 Å². The topological polar surface area (TPSA) is 91.4 Å². The van der Waals surface area contributed by atoms with Crippen LogP contribution in [0.1, 0.15) is 30.2 Å². The van der Waals surface area contributed by atoms with Crippen molar-refractivity contribution in [2.75, 3.05) is 0 Å². The molecule has 0 aliphatic rings. The maximum absolute atomic E-state index is 14.1. The number of carbonyl (C=O) groups is 1. The molecule has 0 bridgehead atoms. The highest BCUT2D eigenvalue weighted by Crippen LogP contribution is 2.35. The number of rotatable bonds is 5. The van der Waals surface area contributed by atoms with Crippen LogP contribution < -0.4 is 0 Å². The summed E-state index contributed by atoms with van der Waals surface area (Å²) in [6, 6.07) is 7.44. The molecule has 0 spiro atoms. The number of benzene rings is 2. The van der Waals surface area contributed by atoms with Gasteiger partial charge in [0.05, 0.1) is 32.6 Å². The van der Waals surface area contributed by atoms with Crippen LogP contribution in [0.25, 0.3) is 27.8 Å². The van der Waals surface area contributed by atoms with Crippen LogP contribution in [0.3, 0.4) is 0 Å². The molecule has 0 amide bonds. The number of nitrogens with zero attached hydrogens (tertiary/aromatic N) is 7. The Kier molecular flexibility index (Phi) is 5.51. The second-order valence-electron chi connectivity index (χ2n) is 7.44. The van der Waals surface area contributed by atoms with E-state index in [1.54, 1.807) is 33.6 Å². The van der Waals surface area contributed by atoms with Crippen LogP contribution in [-0.2, 0) is 0 Å². The van der Waals surface area contributed by atoms with Crippen LogP contribution in [0.15, 0.2) is 46.7 Å². The Labute approximate surface area is 200 Å². The number of hydrogen-bond acceptors (Lipinski definition) is 7. The number of halogens is 3. The molecule has 0 aliphatic carbocycles. The first-order valence-electron chi connectivity index (χ1n) is 9.74. The highest BCUT2D eigenvalue weighted by Gasteiger charge is 2.21. The van der Waals surface area contributed by atoms with Crippen LogP contribution in [0, 0.1) is 5.82 Å². The van der Waals surface area contributed by atoms with E-state index in [2.05, 4.69) is 15.5 Å². The molecule has 5 rings (SSSR count). The standard InChI is InChI=1S/C21H14Cl2FN7OS/c1-10(2)31-21(27-28-29-31)33-20-19(25-16-6-14(22)15(23)7-17(16)26-20)30-8-11(9-32)13-4-3-12(24)5-18(13)30/h3-10H,1-2H3. The van der Waals surface area contributed by atoms with Crippen molar-refractivity contribution in [3.8, 4) is 5.82 Å². The predicted molar refractivity (Wildman–Crippen MR) is 124 cm³/mol. The average Bonchev–Trinajstić information content (AvgIpc) is 3.39. The van der Waals surface area contributed by atoms with Gasteiger partial charge in [0.25, 0.3) is 0 Å². The molecule has 0 N–H and O–H groups in total. The van der Waals surface area contributed by atoms with Crippen LogP contribution in [0.2, 0.25) is 10.0 Å². The van der Waals surface area contributed by atoms with Gasteiger partial charge in [-0.3, -0.25) is 9.36 Å². The molecule has 33 heavy (non-hydrogen) atoms. The van der Waals surface area contributed by atoms with Gasteiger partial charge in [-0.05, 0) is 66.4 Å². The maximum Gasteiger partial charge on any atom is 0.215 e. The molecule has 0 aliphatic heterocycles. The molecular formula is C21H14Cl2FN7OS. The second-order valence-corrected chi connectivity index (χ2v) is 9.21. The fourth-order valence-electron chi connectivity index (χ4n) is 3.41. The molecule has 3 heterocycles. The summed E-state index contributed by atoms with van der Waals surface area (Å²) in [6.45, 7) is 3.90. The lowest BCUT2D eigenvalue weighted by Crippen LogP contribution is -2.06. The molecule has 2 aromatic carbocycles. The summed E-state index contributed by atoms with van der Waals surface area (Å²) in [4.78, 5) is 21.2. The van der Waals surface area contributed by atoms with Gasteiger partial charge in [-0.2, -0.15) is 0 Å². The van der Waals surface area contributed by atoms with Gasteiger partial charge >= 0.3 is 0 Å². The Morgan fingerprint density at radius 2 is 1.82 bits per heavy atom. The molecular weight excluding hydrogens is 488 g/mol. The summed E-state index contributed by atoms with van der Waals surface area (Å²) >= 11 is 13.6. The molecule has 5 aromatic rings. The van der Waals surface area contributed by atoms with Crippen molar-refractivity contribution in [2.45, 2.75) is 30.1 Å². The Bertz CT molecular complexity index is 1550. The fourth-order valence-corrected chi connectivity index (χ4v) is 4.70. The predicted octanol–water partition coefficient (Wildman–Crippen LogP) is 5.55. The van der Waals surface area contributed by atoms with E-state index in [1.807, 2.05) is 13.8 Å². The zero-order chi connectivity index (χ0) is 23.3. The molecule has 0 unspecified atom stereocenters. The zero-order valence-electron chi connectivity index (χ0n) is 17.2. The Balaban J connectivity index is 1.80. The summed E-state index contributed by atoms with van der Waals surface area (Å²) in [6.07, 6.45) is 2.31. The summed E-state index contributed by atoms with van der Waals surface area (Å²) in [7, 11) is 0. The Morgan fingerprint density at radius 1 is 1.09 bits per heavy atom. The van der Waals surface area contributed by atoms with Gasteiger partial charge < -0.3 is 0 Å². The molecule has 3 aromatic heterocycles. The van der Waals surface area contributed by atoms with Gasteiger partial charge in [0.2, 0.25) is 5.16 Å². The highest BCUT2D eigenvalue weighted by atomic mass is 35.5. The Morgan fingerprint density at radius 3 is 2.52 bits per heavy atom. The van der Waals surface area contributed by atoms with E-state index in [-0.39, 0.29) is 6.04 Å². The average molecular weight is 502 g/mol. The first kappa shape index (κ1) is 21.7. The minimum Gasteiger partial charge on any atom is -0.298 e. The third-order valence-corrected chi connectivity index (χ3v) is 6.59. The first-order chi connectivity index (χ1) is 15.9. The normalized spacial score (nSPS) is 11.7. The molecule has 0 saturated carbocycles. The van der Waals surface area contributed by atoms with E-state index in [4.69, 9.17) is 33.2 Å². The summed E-state index contributed by atoms with van der Waals surface area (Å²) in [5.74, 6) is -0.0753. The zero-order valence-corrected chi connectivity index (χ0v) is 19.5. The summed E-state index contributed by atoms with van der Waals surface area (Å²) in [5.41, 5.74) is 1.86. The third-order valence-electron chi connectivity index (χ3n) is 4.95. The van der Waals surface area contributed by atoms with Crippen LogP contribution >= 0.6 is 35.0 Å². The van der Waals surface area contributed by atoms with Gasteiger partial charge in [-0.15, -0.1) is 5.10 Å². The lowest BCUT2D eigenvalue weighted by molar-refractivity contribution is 0.112. The number of aromatic nitrogens is 7. The molecule has 0 radical (unpaired) electrons.